The Labute approximate surface area is 135 Å². The Kier molecular flexibility index (Phi) is 5.59. The number of ether oxygens (including phenoxy) is 1. The highest BCUT2D eigenvalue weighted by Gasteiger charge is 2.31. The number of nitrogens with zero attached hydrogens (tertiary/aromatic N) is 1. The van der Waals surface area contributed by atoms with Gasteiger partial charge in [0.1, 0.15) is 10.8 Å². The Morgan fingerprint density at radius 2 is 2.22 bits per heavy atom. The topological polar surface area (TPSA) is 51.2 Å². The minimum absolute atomic E-state index is 0.0308. The summed E-state index contributed by atoms with van der Waals surface area (Å²) in [6.07, 6.45) is -2.45. The zero-order valence-corrected chi connectivity index (χ0v) is 13.1. The van der Waals surface area contributed by atoms with E-state index in [0.29, 0.717) is 12.0 Å². The van der Waals surface area contributed by atoms with Gasteiger partial charge in [-0.2, -0.15) is 0 Å². The molecule has 1 atom stereocenters. The van der Waals surface area contributed by atoms with E-state index < -0.39 is 6.36 Å². The van der Waals surface area contributed by atoms with E-state index in [9.17, 15) is 18.0 Å². The molecule has 2 aromatic rings. The molecule has 8 heteroatoms. The van der Waals surface area contributed by atoms with Crippen LogP contribution in [0.5, 0.6) is 5.75 Å². The van der Waals surface area contributed by atoms with Crippen LogP contribution in [0.1, 0.15) is 30.0 Å². The average Bonchev–Trinajstić information content (AvgIpc) is 2.97. The third-order valence-electron chi connectivity index (χ3n) is 2.99. The summed E-state index contributed by atoms with van der Waals surface area (Å²) in [6.45, 7) is 1.92. The molecule has 0 saturated heterocycles. The van der Waals surface area contributed by atoms with Crippen LogP contribution in [0.25, 0.3) is 0 Å². The number of carbonyl (C=O) groups excluding carboxylic acids is 1. The van der Waals surface area contributed by atoms with Crippen LogP contribution < -0.4 is 10.1 Å². The predicted molar refractivity (Wildman–Crippen MR) is 80.1 cm³/mol. The molecule has 23 heavy (non-hydrogen) atoms. The van der Waals surface area contributed by atoms with Crippen molar-refractivity contribution in [2.45, 2.75) is 32.2 Å². The summed E-state index contributed by atoms with van der Waals surface area (Å²) < 4.78 is 40.5. The molecule has 0 aliphatic rings. The first-order valence-electron chi connectivity index (χ1n) is 6.91. The number of nitrogens with one attached hydrogen (secondary N) is 1. The zero-order valence-electron chi connectivity index (χ0n) is 12.3. The fourth-order valence-corrected chi connectivity index (χ4v) is 2.80. The maximum atomic E-state index is 12.2. The molecule has 1 aromatic carbocycles. The lowest BCUT2D eigenvalue weighted by Crippen LogP contribution is -2.29. The molecule has 1 N–H and O–H groups in total. The van der Waals surface area contributed by atoms with E-state index in [4.69, 9.17) is 0 Å². The SMILES string of the molecule is CC[C@@H](NC(=O)Cc1cccc(OC(F)(F)F)c1)c1nccs1. The predicted octanol–water partition coefficient (Wildman–Crippen LogP) is 3.85. The highest BCUT2D eigenvalue weighted by Crippen LogP contribution is 2.24. The van der Waals surface area contributed by atoms with Crippen LogP contribution in [0.4, 0.5) is 13.2 Å². The van der Waals surface area contributed by atoms with Crippen molar-refractivity contribution in [3.63, 3.8) is 0 Å². The lowest BCUT2D eigenvalue weighted by Gasteiger charge is -2.15. The van der Waals surface area contributed by atoms with Crippen molar-refractivity contribution in [2.75, 3.05) is 0 Å². The van der Waals surface area contributed by atoms with Crippen LogP contribution in [0.3, 0.4) is 0 Å². The molecular formula is C15H15F3N2O2S. The second-order valence-corrected chi connectivity index (χ2v) is 5.70. The summed E-state index contributed by atoms with van der Waals surface area (Å²) in [5.41, 5.74) is 0.443. The van der Waals surface area contributed by atoms with Crippen LogP contribution in [-0.4, -0.2) is 17.3 Å². The smallest absolute Gasteiger partial charge is 0.406 e. The van der Waals surface area contributed by atoms with Gasteiger partial charge in [-0.25, -0.2) is 4.98 Å². The van der Waals surface area contributed by atoms with Gasteiger partial charge < -0.3 is 10.1 Å². The molecule has 0 bridgehead atoms. The van der Waals surface area contributed by atoms with Gasteiger partial charge in [0.25, 0.3) is 0 Å². The van der Waals surface area contributed by atoms with Crippen molar-refractivity contribution in [3.8, 4) is 5.75 Å². The molecule has 1 heterocycles. The van der Waals surface area contributed by atoms with Gasteiger partial charge in [0.2, 0.25) is 5.91 Å². The number of hydrogen-bond donors (Lipinski definition) is 1. The fraction of sp³-hybridized carbons (Fsp3) is 0.333. The van der Waals surface area contributed by atoms with Crippen molar-refractivity contribution >= 4 is 17.2 Å². The van der Waals surface area contributed by atoms with Gasteiger partial charge in [-0.15, -0.1) is 24.5 Å². The standard InChI is InChI=1S/C15H15F3N2O2S/c1-2-12(14-19-6-7-23-14)20-13(21)9-10-4-3-5-11(8-10)22-15(16,17)18/h3-8,12H,2,9H2,1H3,(H,20,21)/t12-/m1/s1. The molecule has 0 saturated carbocycles. The fourth-order valence-electron chi connectivity index (χ4n) is 2.03. The summed E-state index contributed by atoms with van der Waals surface area (Å²) in [7, 11) is 0. The van der Waals surface area contributed by atoms with Crippen molar-refractivity contribution in [1.82, 2.24) is 10.3 Å². The molecule has 1 amide bonds. The van der Waals surface area contributed by atoms with Gasteiger partial charge in [-0.3, -0.25) is 4.79 Å². The number of amides is 1. The van der Waals surface area contributed by atoms with E-state index in [1.807, 2.05) is 12.3 Å². The summed E-state index contributed by atoms with van der Waals surface area (Å²) >= 11 is 1.44. The maximum Gasteiger partial charge on any atom is 0.573 e. The van der Waals surface area contributed by atoms with Crippen molar-refractivity contribution in [2.24, 2.45) is 0 Å². The molecule has 4 nitrogen and oxygen atoms in total. The number of halogens is 3. The Bertz CT molecular complexity index is 644. The largest absolute Gasteiger partial charge is 0.573 e. The molecule has 0 fully saturated rings. The van der Waals surface area contributed by atoms with Crippen LogP contribution in [0.15, 0.2) is 35.8 Å². The number of hydrogen-bond acceptors (Lipinski definition) is 4. The van der Waals surface area contributed by atoms with Gasteiger partial charge in [0, 0.05) is 11.6 Å². The van der Waals surface area contributed by atoms with Crippen LogP contribution in [0, 0.1) is 0 Å². The Morgan fingerprint density at radius 3 is 2.83 bits per heavy atom. The summed E-state index contributed by atoms with van der Waals surface area (Å²) in [6, 6.07) is 5.20. The first kappa shape index (κ1) is 17.3. The Hall–Kier alpha value is -2.09. The molecule has 0 aliphatic carbocycles. The van der Waals surface area contributed by atoms with Gasteiger partial charge in [0.05, 0.1) is 12.5 Å². The van der Waals surface area contributed by atoms with E-state index in [1.165, 1.54) is 29.5 Å². The van der Waals surface area contributed by atoms with E-state index in [1.54, 1.807) is 12.3 Å². The first-order chi connectivity index (χ1) is 10.9. The van der Waals surface area contributed by atoms with E-state index in [-0.39, 0.29) is 24.1 Å². The monoisotopic (exact) mass is 344 g/mol. The molecule has 0 aliphatic heterocycles. The number of rotatable bonds is 6. The summed E-state index contributed by atoms with van der Waals surface area (Å²) in [5, 5.41) is 5.45. The average molecular weight is 344 g/mol. The molecule has 1 aromatic heterocycles. The second-order valence-electron chi connectivity index (χ2n) is 4.77. The number of carbonyl (C=O) groups is 1. The van der Waals surface area contributed by atoms with E-state index >= 15 is 0 Å². The molecule has 124 valence electrons. The third kappa shape index (κ3) is 5.55. The lowest BCUT2D eigenvalue weighted by molar-refractivity contribution is -0.274. The van der Waals surface area contributed by atoms with Gasteiger partial charge >= 0.3 is 6.36 Å². The number of benzene rings is 1. The molecule has 0 spiro atoms. The first-order valence-corrected chi connectivity index (χ1v) is 7.79. The molecule has 0 radical (unpaired) electrons. The molecule has 2 rings (SSSR count). The number of alkyl halides is 3. The lowest BCUT2D eigenvalue weighted by atomic mass is 10.1. The van der Waals surface area contributed by atoms with E-state index in [0.717, 1.165) is 5.01 Å². The van der Waals surface area contributed by atoms with Crippen LogP contribution in [-0.2, 0) is 11.2 Å². The quantitative estimate of drug-likeness (QED) is 0.866. The van der Waals surface area contributed by atoms with Crippen molar-refractivity contribution in [1.29, 1.82) is 0 Å². The van der Waals surface area contributed by atoms with Gasteiger partial charge in [-0.05, 0) is 24.1 Å². The normalized spacial score (nSPS) is 12.7. The molecule has 0 unspecified atom stereocenters. The van der Waals surface area contributed by atoms with Gasteiger partial charge in [-0.1, -0.05) is 19.1 Å². The summed E-state index contributed by atoms with van der Waals surface area (Å²) in [4.78, 5) is 16.2. The van der Waals surface area contributed by atoms with Crippen molar-refractivity contribution < 1.29 is 22.7 Å². The van der Waals surface area contributed by atoms with Gasteiger partial charge in [0.15, 0.2) is 0 Å². The zero-order chi connectivity index (χ0) is 16.9. The van der Waals surface area contributed by atoms with Crippen LogP contribution in [0.2, 0.25) is 0 Å². The molecular weight excluding hydrogens is 329 g/mol. The van der Waals surface area contributed by atoms with Crippen LogP contribution >= 0.6 is 11.3 Å². The Balaban J connectivity index is 1.98. The number of aromatic nitrogens is 1. The summed E-state index contributed by atoms with van der Waals surface area (Å²) in [5.74, 6) is -0.619. The minimum Gasteiger partial charge on any atom is -0.406 e. The third-order valence-corrected chi connectivity index (χ3v) is 3.88. The van der Waals surface area contributed by atoms with E-state index in [2.05, 4.69) is 15.0 Å². The maximum absolute atomic E-state index is 12.2. The highest BCUT2D eigenvalue weighted by atomic mass is 32.1. The highest BCUT2D eigenvalue weighted by molar-refractivity contribution is 7.09. The van der Waals surface area contributed by atoms with Crippen molar-refractivity contribution in [3.05, 3.63) is 46.4 Å². The minimum atomic E-state index is -4.75. The Morgan fingerprint density at radius 1 is 1.43 bits per heavy atom. The number of thiazole rings is 1. The second kappa shape index (κ2) is 7.45.